The molecule has 2 fully saturated rings. The first-order valence-electron chi connectivity index (χ1n) is 10.9. The van der Waals surface area contributed by atoms with Crippen LogP contribution in [0, 0.1) is 17.2 Å². The molecule has 1 aromatic carbocycles. The van der Waals surface area contributed by atoms with Gasteiger partial charge in [0.1, 0.15) is 5.82 Å². The number of halogens is 2. The number of aliphatic hydroxyl groups excluding tert-OH is 1. The lowest BCUT2D eigenvalue weighted by molar-refractivity contribution is 0.105. The van der Waals surface area contributed by atoms with Crippen LogP contribution in [0.3, 0.4) is 0 Å². The Morgan fingerprint density at radius 3 is 2.56 bits per heavy atom. The van der Waals surface area contributed by atoms with Crippen molar-refractivity contribution in [3.8, 4) is 0 Å². The van der Waals surface area contributed by atoms with Crippen LogP contribution >= 0.6 is 15.9 Å². The maximum Gasteiger partial charge on any atom is 0.123 e. The molecule has 0 aromatic heterocycles. The second-order valence-corrected chi connectivity index (χ2v) is 9.72. The van der Waals surface area contributed by atoms with Crippen LogP contribution in [0.15, 0.2) is 22.7 Å². The number of nitrogens with zero attached hydrogens (tertiary/aromatic N) is 1. The number of hydrogen-bond donors (Lipinski definition) is 1. The minimum Gasteiger partial charge on any atom is -0.396 e. The van der Waals surface area contributed by atoms with Crippen LogP contribution in [0.4, 0.5) is 4.39 Å². The van der Waals surface area contributed by atoms with Crippen molar-refractivity contribution >= 4 is 15.9 Å². The van der Waals surface area contributed by atoms with Crippen LogP contribution in [-0.4, -0.2) is 36.2 Å². The molecule has 1 aromatic rings. The van der Waals surface area contributed by atoms with Crippen molar-refractivity contribution in [2.24, 2.45) is 11.3 Å². The third-order valence-corrected chi connectivity index (χ3v) is 7.73. The van der Waals surface area contributed by atoms with Gasteiger partial charge in [0.25, 0.3) is 0 Å². The third-order valence-electron chi connectivity index (χ3n) is 6.96. The van der Waals surface area contributed by atoms with E-state index < -0.39 is 0 Å². The lowest BCUT2D eigenvalue weighted by atomic mass is 9.69. The van der Waals surface area contributed by atoms with E-state index in [1.54, 1.807) is 6.07 Å². The van der Waals surface area contributed by atoms with Gasteiger partial charge in [-0.1, -0.05) is 35.2 Å². The molecule has 2 aliphatic rings. The molecule has 2 nitrogen and oxygen atoms in total. The Morgan fingerprint density at radius 1 is 1.11 bits per heavy atom. The average molecular weight is 440 g/mol. The Labute approximate surface area is 172 Å². The molecule has 152 valence electrons. The summed E-state index contributed by atoms with van der Waals surface area (Å²) < 4.78 is 14.5. The van der Waals surface area contributed by atoms with E-state index in [0.29, 0.717) is 17.9 Å². The number of aliphatic hydroxyl groups is 1. The fourth-order valence-electron chi connectivity index (χ4n) is 5.27. The van der Waals surface area contributed by atoms with Gasteiger partial charge in [-0.05, 0) is 106 Å². The number of likely N-dealkylation sites (tertiary alicyclic amines) is 1. The summed E-state index contributed by atoms with van der Waals surface area (Å²) in [6.07, 6.45) is 13.7. The molecule has 1 aliphatic carbocycles. The predicted molar refractivity (Wildman–Crippen MR) is 113 cm³/mol. The molecule has 0 spiro atoms. The van der Waals surface area contributed by atoms with Crippen molar-refractivity contribution in [1.29, 1.82) is 0 Å². The summed E-state index contributed by atoms with van der Waals surface area (Å²) in [7, 11) is 0. The van der Waals surface area contributed by atoms with E-state index in [4.69, 9.17) is 0 Å². The van der Waals surface area contributed by atoms with Crippen LogP contribution in [0.25, 0.3) is 0 Å². The van der Waals surface area contributed by atoms with Gasteiger partial charge in [-0.15, -0.1) is 0 Å². The lowest BCUT2D eigenvalue weighted by Gasteiger charge is -2.38. The number of hydrogen-bond acceptors (Lipinski definition) is 2. The molecule has 1 saturated heterocycles. The van der Waals surface area contributed by atoms with Gasteiger partial charge in [0, 0.05) is 11.1 Å². The molecule has 0 amide bonds. The van der Waals surface area contributed by atoms with E-state index in [2.05, 4.69) is 20.8 Å². The SMILES string of the molecule is OCCC1(CCCN2CCC(Cc3cc(F)ccc3Br)CC2)CCCCC1. The predicted octanol–water partition coefficient (Wildman–Crippen LogP) is 5.96. The second-order valence-electron chi connectivity index (χ2n) is 8.86. The van der Waals surface area contributed by atoms with Crippen molar-refractivity contribution in [3.63, 3.8) is 0 Å². The standard InChI is InChI=1S/C23H35BrFNO/c24-22-6-5-21(25)18-20(22)17-19-7-14-26(15-8-19)13-4-11-23(12-16-27)9-2-1-3-10-23/h5-6,18-19,27H,1-4,7-17H2. The van der Waals surface area contributed by atoms with Crippen LogP contribution in [0.2, 0.25) is 0 Å². The molecule has 1 N–H and O–H groups in total. The van der Waals surface area contributed by atoms with Crippen molar-refractivity contribution < 1.29 is 9.50 Å². The van der Waals surface area contributed by atoms with Gasteiger partial charge in [-0.3, -0.25) is 0 Å². The van der Waals surface area contributed by atoms with Crippen molar-refractivity contribution in [1.82, 2.24) is 4.90 Å². The van der Waals surface area contributed by atoms with Gasteiger partial charge in [0.2, 0.25) is 0 Å². The summed E-state index contributed by atoms with van der Waals surface area (Å²) in [6.45, 7) is 3.89. The monoisotopic (exact) mass is 439 g/mol. The Balaban J connectivity index is 1.39. The molecule has 3 rings (SSSR count). The van der Waals surface area contributed by atoms with E-state index in [9.17, 15) is 9.50 Å². The number of benzene rings is 1. The highest BCUT2D eigenvalue weighted by Crippen LogP contribution is 2.43. The zero-order chi connectivity index (χ0) is 19.1. The summed E-state index contributed by atoms with van der Waals surface area (Å²) in [5.74, 6) is 0.531. The smallest absolute Gasteiger partial charge is 0.123 e. The molecule has 27 heavy (non-hydrogen) atoms. The Bertz CT molecular complexity index is 574. The number of piperidine rings is 1. The van der Waals surface area contributed by atoms with Crippen molar-refractivity contribution in [2.75, 3.05) is 26.2 Å². The first-order valence-corrected chi connectivity index (χ1v) is 11.7. The minimum absolute atomic E-state index is 0.134. The molecule has 0 bridgehead atoms. The molecular formula is C23H35BrFNO. The summed E-state index contributed by atoms with van der Waals surface area (Å²) in [5, 5.41) is 9.48. The van der Waals surface area contributed by atoms with Gasteiger partial charge in [-0.25, -0.2) is 4.39 Å². The molecule has 0 radical (unpaired) electrons. The van der Waals surface area contributed by atoms with Gasteiger partial charge in [-0.2, -0.15) is 0 Å². The molecule has 1 saturated carbocycles. The third kappa shape index (κ3) is 6.27. The van der Waals surface area contributed by atoms with E-state index >= 15 is 0 Å². The fourth-order valence-corrected chi connectivity index (χ4v) is 5.68. The van der Waals surface area contributed by atoms with Crippen LogP contribution < -0.4 is 0 Å². The van der Waals surface area contributed by atoms with E-state index in [1.165, 1.54) is 83.5 Å². The quantitative estimate of drug-likeness (QED) is 0.540. The van der Waals surface area contributed by atoms with Gasteiger partial charge in [0.15, 0.2) is 0 Å². The zero-order valence-electron chi connectivity index (χ0n) is 16.6. The maximum absolute atomic E-state index is 13.5. The van der Waals surface area contributed by atoms with E-state index in [0.717, 1.165) is 22.9 Å². The zero-order valence-corrected chi connectivity index (χ0v) is 18.2. The topological polar surface area (TPSA) is 23.5 Å². The molecule has 0 unspecified atom stereocenters. The van der Waals surface area contributed by atoms with Crippen molar-refractivity contribution in [2.45, 2.75) is 70.6 Å². The Hall–Kier alpha value is -0.450. The highest BCUT2D eigenvalue weighted by Gasteiger charge is 2.31. The van der Waals surface area contributed by atoms with Gasteiger partial charge in [0.05, 0.1) is 0 Å². The molecular weight excluding hydrogens is 405 g/mol. The van der Waals surface area contributed by atoms with Gasteiger partial charge < -0.3 is 10.0 Å². The van der Waals surface area contributed by atoms with Crippen LogP contribution in [0.1, 0.15) is 69.8 Å². The molecule has 1 heterocycles. The van der Waals surface area contributed by atoms with Crippen molar-refractivity contribution in [3.05, 3.63) is 34.1 Å². The lowest BCUT2D eigenvalue weighted by Crippen LogP contribution is -2.36. The average Bonchev–Trinajstić information content (AvgIpc) is 2.67. The first-order chi connectivity index (χ1) is 13.1. The second kappa shape index (κ2) is 10.4. The van der Waals surface area contributed by atoms with Crippen LogP contribution in [0.5, 0.6) is 0 Å². The maximum atomic E-state index is 13.5. The summed E-state index contributed by atoms with van der Waals surface area (Å²) in [4.78, 5) is 2.62. The highest BCUT2D eigenvalue weighted by molar-refractivity contribution is 9.10. The first kappa shape index (κ1) is 21.3. The highest BCUT2D eigenvalue weighted by atomic mass is 79.9. The minimum atomic E-state index is -0.134. The Kier molecular flexibility index (Phi) is 8.16. The molecule has 1 aliphatic heterocycles. The Morgan fingerprint density at radius 2 is 1.85 bits per heavy atom. The molecule has 4 heteroatoms. The summed E-state index contributed by atoms with van der Waals surface area (Å²) in [6, 6.07) is 5.03. The normalized spacial score (nSPS) is 21.4. The van der Waals surface area contributed by atoms with Crippen LogP contribution in [-0.2, 0) is 6.42 Å². The summed E-state index contributed by atoms with van der Waals surface area (Å²) in [5.41, 5.74) is 1.53. The van der Waals surface area contributed by atoms with E-state index in [1.807, 2.05) is 6.07 Å². The van der Waals surface area contributed by atoms with Gasteiger partial charge >= 0.3 is 0 Å². The summed E-state index contributed by atoms with van der Waals surface area (Å²) >= 11 is 3.56. The van der Waals surface area contributed by atoms with E-state index in [-0.39, 0.29) is 5.82 Å². The molecule has 0 atom stereocenters. The fraction of sp³-hybridized carbons (Fsp3) is 0.739. The largest absolute Gasteiger partial charge is 0.396 e. The number of rotatable bonds is 8.